The van der Waals surface area contributed by atoms with E-state index in [0.717, 1.165) is 11.3 Å². The van der Waals surface area contributed by atoms with Crippen molar-refractivity contribution in [3.63, 3.8) is 0 Å². The number of benzene rings is 1. The van der Waals surface area contributed by atoms with Gasteiger partial charge in [-0.05, 0) is 27.0 Å². The van der Waals surface area contributed by atoms with Gasteiger partial charge in [0.2, 0.25) is 5.91 Å². The number of methoxy groups -OCH3 is 1. The van der Waals surface area contributed by atoms with E-state index in [1.54, 1.807) is 7.11 Å². The molecule has 0 aliphatic rings. The maximum atomic E-state index is 11.8. The van der Waals surface area contributed by atoms with E-state index in [-0.39, 0.29) is 5.91 Å². The monoisotopic (exact) mass is 250 g/mol. The average Bonchev–Trinajstić information content (AvgIpc) is 2.35. The molecule has 2 N–H and O–H groups in total. The van der Waals surface area contributed by atoms with Crippen LogP contribution in [0.1, 0.15) is 25.8 Å². The SMILES string of the molecule is CNCCC(=O)NC(C)(C)c1ccccc1OC. The number of para-hydroxylation sites is 1. The Hall–Kier alpha value is -1.55. The lowest BCUT2D eigenvalue weighted by Gasteiger charge is -2.28. The van der Waals surface area contributed by atoms with Crippen LogP contribution in [0.4, 0.5) is 0 Å². The largest absolute Gasteiger partial charge is 0.496 e. The molecule has 0 aromatic heterocycles. The van der Waals surface area contributed by atoms with E-state index in [0.29, 0.717) is 13.0 Å². The molecule has 4 nitrogen and oxygen atoms in total. The molecule has 0 saturated carbocycles. The van der Waals surface area contributed by atoms with Crippen LogP contribution >= 0.6 is 0 Å². The molecule has 4 heteroatoms. The van der Waals surface area contributed by atoms with Gasteiger partial charge >= 0.3 is 0 Å². The van der Waals surface area contributed by atoms with Crippen molar-refractivity contribution in [3.8, 4) is 5.75 Å². The quantitative estimate of drug-likeness (QED) is 0.807. The number of carbonyl (C=O) groups excluding carboxylic acids is 1. The Labute approximate surface area is 109 Å². The number of amides is 1. The van der Waals surface area contributed by atoms with Gasteiger partial charge in [-0.1, -0.05) is 18.2 Å². The maximum absolute atomic E-state index is 11.8. The molecule has 0 aliphatic heterocycles. The van der Waals surface area contributed by atoms with Gasteiger partial charge in [0.1, 0.15) is 5.75 Å². The lowest BCUT2D eigenvalue weighted by atomic mass is 9.93. The van der Waals surface area contributed by atoms with Gasteiger partial charge < -0.3 is 15.4 Å². The number of carbonyl (C=O) groups is 1. The Morgan fingerprint density at radius 3 is 2.61 bits per heavy atom. The molecular formula is C14H22N2O2. The van der Waals surface area contributed by atoms with Crippen molar-refractivity contribution in [3.05, 3.63) is 29.8 Å². The van der Waals surface area contributed by atoms with Crippen molar-refractivity contribution in [2.24, 2.45) is 0 Å². The fraction of sp³-hybridized carbons (Fsp3) is 0.500. The standard InChI is InChI=1S/C14H22N2O2/c1-14(2,16-13(17)9-10-15-3)11-7-5-6-8-12(11)18-4/h5-8,15H,9-10H2,1-4H3,(H,16,17). The third kappa shape index (κ3) is 3.74. The van der Waals surface area contributed by atoms with Gasteiger partial charge in [-0.15, -0.1) is 0 Å². The van der Waals surface area contributed by atoms with Crippen LogP contribution in [-0.2, 0) is 10.3 Å². The zero-order valence-electron chi connectivity index (χ0n) is 11.5. The highest BCUT2D eigenvalue weighted by molar-refractivity contribution is 5.77. The summed E-state index contributed by atoms with van der Waals surface area (Å²) >= 11 is 0. The van der Waals surface area contributed by atoms with Crippen LogP contribution < -0.4 is 15.4 Å². The van der Waals surface area contributed by atoms with E-state index >= 15 is 0 Å². The Balaban J connectivity index is 2.82. The maximum Gasteiger partial charge on any atom is 0.221 e. The molecule has 0 aliphatic carbocycles. The molecule has 0 spiro atoms. The summed E-state index contributed by atoms with van der Waals surface area (Å²) < 4.78 is 5.33. The highest BCUT2D eigenvalue weighted by atomic mass is 16.5. The summed E-state index contributed by atoms with van der Waals surface area (Å²) in [6.07, 6.45) is 0.467. The summed E-state index contributed by atoms with van der Waals surface area (Å²) in [6.45, 7) is 4.62. The van der Waals surface area contributed by atoms with Gasteiger partial charge in [-0.25, -0.2) is 0 Å². The fourth-order valence-corrected chi connectivity index (χ4v) is 1.88. The third-order valence-electron chi connectivity index (χ3n) is 2.83. The van der Waals surface area contributed by atoms with Crippen LogP contribution in [0.2, 0.25) is 0 Å². The van der Waals surface area contributed by atoms with Crippen LogP contribution in [0.25, 0.3) is 0 Å². The second-order valence-electron chi connectivity index (χ2n) is 4.73. The van der Waals surface area contributed by atoms with Crippen LogP contribution in [0.5, 0.6) is 5.75 Å². The zero-order valence-corrected chi connectivity index (χ0v) is 11.5. The molecule has 0 saturated heterocycles. The summed E-state index contributed by atoms with van der Waals surface area (Å²) in [5, 5.41) is 5.98. The number of hydrogen-bond acceptors (Lipinski definition) is 3. The van der Waals surface area contributed by atoms with E-state index in [2.05, 4.69) is 10.6 Å². The number of nitrogens with one attached hydrogen (secondary N) is 2. The topological polar surface area (TPSA) is 50.4 Å². The van der Waals surface area contributed by atoms with E-state index in [4.69, 9.17) is 4.74 Å². The third-order valence-corrected chi connectivity index (χ3v) is 2.83. The van der Waals surface area contributed by atoms with E-state index in [9.17, 15) is 4.79 Å². The van der Waals surface area contributed by atoms with Crippen LogP contribution in [-0.4, -0.2) is 26.6 Å². The predicted octanol–water partition coefficient (Wildman–Crippen LogP) is 1.66. The first-order valence-corrected chi connectivity index (χ1v) is 6.10. The first-order valence-electron chi connectivity index (χ1n) is 6.10. The fourth-order valence-electron chi connectivity index (χ4n) is 1.88. The summed E-state index contributed by atoms with van der Waals surface area (Å²) in [7, 11) is 3.47. The molecule has 1 rings (SSSR count). The number of ether oxygens (including phenoxy) is 1. The van der Waals surface area contributed by atoms with Crippen LogP contribution in [0.15, 0.2) is 24.3 Å². The Kier molecular flexibility index (Phi) is 5.16. The molecule has 0 bridgehead atoms. The van der Waals surface area contributed by atoms with Gasteiger partial charge in [0.05, 0.1) is 12.6 Å². The lowest BCUT2D eigenvalue weighted by molar-refractivity contribution is -0.122. The Morgan fingerprint density at radius 2 is 2.00 bits per heavy atom. The molecule has 0 fully saturated rings. The summed E-state index contributed by atoms with van der Waals surface area (Å²) in [4.78, 5) is 11.8. The molecular weight excluding hydrogens is 228 g/mol. The van der Waals surface area contributed by atoms with E-state index < -0.39 is 5.54 Å². The van der Waals surface area contributed by atoms with Gasteiger partial charge in [0, 0.05) is 18.5 Å². The van der Waals surface area contributed by atoms with Gasteiger partial charge in [-0.3, -0.25) is 4.79 Å². The molecule has 100 valence electrons. The van der Waals surface area contributed by atoms with Crippen molar-refractivity contribution < 1.29 is 9.53 Å². The minimum absolute atomic E-state index is 0.0280. The first-order chi connectivity index (χ1) is 8.51. The molecule has 0 unspecified atom stereocenters. The van der Waals surface area contributed by atoms with Crippen molar-refractivity contribution >= 4 is 5.91 Å². The molecule has 0 atom stereocenters. The Bertz CT molecular complexity index is 403. The zero-order chi connectivity index (χ0) is 13.6. The van der Waals surface area contributed by atoms with Gasteiger partial charge in [-0.2, -0.15) is 0 Å². The average molecular weight is 250 g/mol. The molecule has 0 heterocycles. The molecule has 1 aromatic carbocycles. The van der Waals surface area contributed by atoms with Crippen LogP contribution in [0.3, 0.4) is 0 Å². The highest BCUT2D eigenvalue weighted by Gasteiger charge is 2.25. The van der Waals surface area contributed by atoms with Crippen molar-refractivity contribution in [2.75, 3.05) is 20.7 Å². The summed E-state index contributed by atoms with van der Waals surface area (Å²) in [5.41, 5.74) is 0.530. The normalized spacial score (nSPS) is 11.1. The minimum Gasteiger partial charge on any atom is -0.496 e. The van der Waals surface area contributed by atoms with Crippen molar-refractivity contribution in [1.29, 1.82) is 0 Å². The second kappa shape index (κ2) is 6.40. The molecule has 1 amide bonds. The second-order valence-corrected chi connectivity index (χ2v) is 4.73. The lowest BCUT2D eigenvalue weighted by Crippen LogP contribution is -2.42. The number of hydrogen-bond donors (Lipinski definition) is 2. The van der Waals surface area contributed by atoms with Crippen molar-refractivity contribution in [2.45, 2.75) is 25.8 Å². The predicted molar refractivity (Wildman–Crippen MR) is 72.7 cm³/mol. The van der Waals surface area contributed by atoms with E-state index in [1.807, 2.05) is 45.2 Å². The molecule has 1 aromatic rings. The first kappa shape index (κ1) is 14.5. The van der Waals surface area contributed by atoms with Crippen LogP contribution in [0, 0.1) is 0 Å². The Morgan fingerprint density at radius 1 is 1.33 bits per heavy atom. The summed E-state index contributed by atoms with van der Waals surface area (Å²) in [6, 6.07) is 7.73. The minimum atomic E-state index is -0.447. The molecule has 0 radical (unpaired) electrons. The highest BCUT2D eigenvalue weighted by Crippen LogP contribution is 2.29. The smallest absolute Gasteiger partial charge is 0.221 e. The van der Waals surface area contributed by atoms with Gasteiger partial charge in [0.25, 0.3) is 0 Å². The summed E-state index contributed by atoms with van der Waals surface area (Å²) in [5.74, 6) is 0.816. The van der Waals surface area contributed by atoms with E-state index in [1.165, 1.54) is 0 Å². The number of rotatable bonds is 6. The van der Waals surface area contributed by atoms with Gasteiger partial charge in [0.15, 0.2) is 0 Å². The molecule has 18 heavy (non-hydrogen) atoms. The van der Waals surface area contributed by atoms with Crippen molar-refractivity contribution in [1.82, 2.24) is 10.6 Å².